The maximum Gasteiger partial charge on any atom is 0.187 e. The number of carbonyl (C=O) groups is 1. The second-order valence-corrected chi connectivity index (χ2v) is 2.12. The second kappa shape index (κ2) is 2.52. The van der Waals surface area contributed by atoms with Crippen molar-refractivity contribution in [1.82, 2.24) is 4.98 Å². The van der Waals surface area contributed by atoms with Crippen molar-refractivity contribution >= 4 is 5.78 Å². The molecule has 0 amide bonds. The van der Waals surface area contributed by atoms with Gasteiger partial charge in [-0.05, 0) is 18.6 Å². The summed E-state index contributed by atoms with van der Waals surface area (Å²) in [6.07, 6.45) is 4.78. The first-order valence-corrected chi connectivity index (χ1v) is 3.06. The largest absolute Gasteiger partial charge is 0.367 e. The predicted molar refractivity (Wildman–Crippen MR) is 40.1 cm³/mol. The molecule has 1 rings (SSSR count). The molecule has 1 N–H and O–H groups in total. The number of H-pyrrole nitrogens is 1. The van der Waals surface area contributed by atoms with Crippen LogP contribution in [0.1, 0.15) is 15.9 Å². The SMILES string of the molecule is C=CC(=O)c1c[nH]cc1C. The third kappa shape index (κ3) is 1.00. The molecular weight excluding hydrogens is 126 g/mol. The minimum absolute atomic E-state index is 0.0289. The van der Waals surface area contributed by atoms with Crippen LogP contribution in [0.2, 0.25) is 0 Å². The number of aromatic amines is 1. The van der Waals surface area contributed by atoms with E-state index in [0.29, 0.717) is 5.56 Å². The molecule has 1 aromatic heterocycles. The number of hydrogen-bond donors (Lipinski definition) is 1. The van der Waals surface area contributed by atoms with Crippen LogP contribution in [0.5, 0.6) is 0 Å². The van der Waals surface area contributed by atoms with E-state index in [0.717, 1.165) is 5.56 Å². The predicted octanol–water partition coefficient (Wildman–Crippen LogP) is 1.69. The fourth-order valence-electron chi connectivity index (χ4n) is 0.817. The maximum absolute atomic E-state index is 11.0. The van der Waals surface area contributed by atoms with Crippen LogP contribution in [0, 0.1) is 6.92 Å². The molecule has 0 aliphatic rings. The summed E-state index contributed by atoms with van der Waals surface area (Å²) in [6, 6.07) is 0. The normalized spacial score (nSPS) is 9.30. The lowest BCUT2D eigenvalue weighted by Gasteiger charge is -1.88. The Bertz CT molecular complexity index is 260. The van der Waals surface area contributed by atoms with E-state index in [1.807, 2.05) is 6.92 Å². The third-order valence-corrected chi connectivity index (χ3v) is 1.40. The average molecular weight is 135 g/mol. The molecule has 0 atom stereocenters. The van der Waals surface area contributed by atoms with Crippen LogP contribution < -0.4 is 0 Å². The third-order valence-electron chi connectivity index (χ3n) is 1.40. The molecule has 0 aromatic carbocycles. The van der Waals surface area contributed by atoms with Crippen LogP contribution in [-0.4, -0.2) is 10.8 Å². The Morgan fingerprint density at radius 1 is 1.70 bits per heavy atom. The van der Waals surface area contributed by atoms with Gasteiger partial charge in [0, 0.05) is 18.0 Å². The highest BCUT2D eigenvalue weighted by molar-refractivity contribution is 6.05. The highest BCUT2D eigenvalue weighted by Gasteiger charge is 2.03. The molecule has 1 aromatic rings. The van der Waals surface area contributed by atoms with Crippen LogP contribution in [0.4, 0.5) is 0 Å². The summed E-state index contributed by atoms with van der Waals surface area (Å²) < 4.78 is 0. The summed E-state index contributed by atoms with van der Waals surface area (Å²) in [5.41, 5.74) is 1.67. The zero-order chi connectivity index (χ0) is 7.56. The van der Waals surface area contributed by atoms with Crippen molar-refractivity contribution in [2.75, 3.05) is 0 Å². The number of ketones is 1. The Kier molecular flexibility index (Phi) is 1.71. The second-order valence-electron chi connectivity index (χ2n) is 2.12. The van der Waals surface area contributed by atoms with E-state index in [4.69, 9.17) is 0 Å². The van der Waals surface area contributed by atoms with Gasteiger partial charge in [-0.1, -0.05) is 6.58 Å². The molecule has 0 radical (unpaired) electrons. The Morgan fingerprint density at radius 2 is 2.40 bits per heavy atom. The van der Waals surface area contributed by atoms with E-state index < -0.39 is 0 Å². The van der Waals surface area contributed by atoms with Gasteiger partial charge < -0.3 is 4.98 Å². The summed E-state index contributed by atoms with van der Waals surface area (Å²) in [7, 11) is 0. The molecule has 0 saturated heterocycles. The van der Waals surface area contributed by atoms with E-state index in [-0.39, 0.29) is 5.78 Å². The smallest absolute Gasteiger partial charge is 0.187 e. The Balaban J connectivity index is 3.04. The number of carbonyl (C=O) groups excluding carboxylic acids is 1. The summed E-state index contributed by atoms with van der Waals surface area (Å²) in [5.74, 6) is -0.0289. The van der Waals surface area contributed by atoms with E-state index in [2.05, 4.69) is 11.6 Å². The lowest BCUT2D eigenvalue weighted by Crippen LogP contribution is -1.92. The monoisotopic (exact) mass is 135 g/mol. The Labute approximate surface area is 59.6 Å². The van der Waals surface area contributed by atoms with Crippen molar-refractivity contribution in [2.45, 2.75) is 6.92 Å². The molecule has 0 aliphatic carbocycles. The van der Waals surface area contributed by atoms with E-state index in [1.54, 1.807) is 12.4 Å². The molecule has 0 spiro atoms. The fourth-order valence-corrected chi connectivity index (χ4v) is 0.817. The molecule has 0 bridgehead atoms. The van der Waals surface area contributed by atoms with Gasteiger partial charge in [-0.15, -0.1) is 0 Å². The van der Waals surface area contributed by atoms with Crippen molar-refractivity contribution in [3.05, 3.63) is 36.2 Å². The van der Waals surface area contributed by atoms with Crippen molar-refractivity contribution in [3.63, 3.8) is 0 Å². The van der Waals surface area contributed by atoms with Crippen molar-refractivity contribution in [2.24, 2.45) is 0 Å². The molecule has 0 aliphatic heterocycles. The summed E-state index contributed by atoms with van der Waals surface area (Å²) >= 11 is 0. The first kappa shape index (κ1) is 6.81. The highest BCUT2D eigenvalue weighted by Crippen LogP contribution is 2.06. The molecular formula is C8H9NO. The van der Waals surface area contributed by atoms with E-state index in [9.17, 15) is 4.79 Å². The van der Waals surface area contributed by atoms with Gasteiger partial charge in [-0.3, -0.25) is 4.79 Å². The number of allylic oxidation sites excluding steroid dienone is 1. The summed E-state index contributed by atoms with van der Waals surface area (Å²) in [6.45, 7) is 5.28. The van der Waals surface area contributed by atoms with Gasteiger partial charge in [0.25, 0.3) is 0 Å². The van der Waals surface area contributed by atoms with Gasteiger partial charge in [0.05, 0.1) is 0 Å². The maximum atomic E-state index is 11.0. The topological polar surface area (TPSA) is 32.9 Å². The molecule has 0 unspecified atom stereocenters. The van der Waals surface area contributed by atoms with E-state index >= 15 is 0 Å². The van der Waals surface area contributed by atoms with Gasteiger partial charge in [0.15, 0.2) is 5.78 Å². The minimum Gasteiger partial charge on any atom is -0.367 e. The zero-order valence-electron chi connectivity index (χ0n) is 5.85. The number of aromatic nitrogens is 1. The van der Waals surface area contributed by atoms with Gasteiger partial charge in [-0.2, -0.15) is 0 Å². The Hall–Kier alpha value is -1.31. The molecule has 52 valence electrons. The fraction of sp³-hybridized carbons (Fsp3) is 0.125. The number of nitrogens with one attached hydrogen (secondary N) is 1. The van der Waals surface area contributed by atoms with Gasteiger partial charge in [0.1, 0.15) is 0 Å². The lowest BCUT2D eigenvalue weighted by atomic mass is 10.1. The van der Waals surface area contributed by atoms with Crippen LogP contribution in [0.15, 0.2) is 25.0 Å². The number of hydrogen-bond acceptors (Lipinski definition) is 1. The first-order chi connectivity index (χ1) is 4.75. The molecule has 2 nitrogen and oxygen atoms in total. The molecule has 0 saturated carbocycles. The molecule has 2 heteroatoms. The van der Waals surface area contributed by atoms with Crippen LogP contribution >= 0.6 is 0 Å². The van der Waals surface area contributed by atoms with Gasteiger partial charge in [0.2, 0.25) is 0 Å². The van der Waals surface area contributed by atoms with Crippen molar-refractivity contribution < 1.29 is 4.79 Å². The van der Waals surface area contributed by atoms with Gasteiger partial charge in [-0.25, -0.2) is 0 Å². The molecule has 10 heavy (non-hydrogen) atoms. The standard InChI is InChI=1S/C8H9NO/c1-3-8(10)7-5-9-4-6(7)2/h3-5,9H,1H2,2H3. The van der Waals surface area contributed by atoms with Crippen LogP contribution in [0.25, 0.3) is 0 Å². The Morgan fingerprint density at radius 3 is 2.80 bits per heavy atom. The van der Waals surface area contributed by atoms with E-state index in [1.165, 1.54) is 6.08 Å². The van der Waals surface area contributed by atoms with Gasteiger partial charge >= 0.3 is 0 Å². The highest BCUT2D eigenvalue weighted by atomic mass is 16.1. The van der Waals surface area contributed by atoms with Crippen LogP contribution in [0.3, 0.4) is 0 Å². The van der Waals surface area contributed by atoms with Crippen LogP contribution in [-0.2, 0) is 0 Å². The number of rotatable bonds is 2. The zero-order valence-corrected chi connectivity index (χ0v) is 5.85. The average Bonchev–Trinajstić information content (AvgIpc) is 2.34. The van der Waals surface area contributed by atoms with Crippen molar-refractivity contribution in [3.8, 4) is 0 Å². The summed E-state index contributed by atoms with van der Waals surface area (Å²) in [5, 5.41) is 0. The summed E-state index contributed by atoms with van der Waals surface area (Å²) in [4.78, 5) is 13.8. The number of aryl methyl sites for hydroxylation is 1. The lowest BCUT2D eigenvalue weighted by molar-refractivity contribution is 0.104. The first-order valence-electron chi connectivity index (χ1n) is 3.06. The molecule has 1 heterocycles. The molecule has 0 fully saturated rings. The van der Waals surface area contributed by atoms with Crippen molar-refractivity contribution in [1.29, 1.82) is 0 Å². The minimum atomic E-state index is -0.0289. The quantitative estimate of drug-likeness (QED) is 0.485.